The summed E-state index contributed by atoms with van der Waals surface area (Å²) >= 11 is 11.2. The first-order valence-electron chi connectivity index (χ1n) is 12.4. The molecular weight excluding hydrogens is 600 g/mol. The summed E-state index contributed by atoms with van der Waals surface area (Å²) in [7, 11) is 4.07. The minimum atomic E-state index is -0.577. The number of ether oxygens (including phenoxy) is 1. The Kier molecular flexibility index (Phi) is 9.43. The lowest BCUT2D eigenvalue weighted by molar-refractivity contribution is -0.152. The van der Waals surface area contributed by atoms with Crippen molar-refractivity contribution in [3.05, 3.63) is 70.3 Å². The largest absolute Gasteiger partial charge is 0.459 e. The summed E-state index contributed by atoms with van der Waals surface area (Å²) in [5.74, 6) is 1.14. The van der Waals surface area contributed by atoms with Gasteiger partial charge in [0, 0.05) is 44.8 Å². The lowest BCUT2D eigenvalue weighted by Crippen LogP contribution is -2.31. The van der Waals surface area contributed by atoms with Gasteiger partial charge >= 0.3 is 5.97 Å². The summed E-state index contributed by atoms with van der Waals surface area (Å²) in [5.41, 5.74) is 1.26. The van der Waals surface area contributed by atoms with E-state index < -0.39 is 5.60 Å². The number of likely N-dealkylation sites (N-methyl/N-ethyl adjacent to an activating group) is 1. The predicted molar refractivity (Wildman–Crippen MR) is 164 cm³/mol. The Morgan fingerprint density at radius 3 is 2.56 bits per heavy atom. The second-order valence-electron chi connectivity index (χ2n) is 10.3. The molecule has 0 aliphatic heterocycles. The highest BCUT2D eigenvalue weighted by molar-refractivity contribution is 9.10. The van der Waals surface area contributed by atoms with Crippen LogP contribution in [0.5, 0.6) is 0 Å². The van der Waals surface area contributed by atoms with Crippen LogP contribution in [-0.4, -0.2) is 65.0 Å². The summed E-state index contributed by atoms with van der Waals surface area (Å²) in [6.45, 7) is 7.35. The van der Waals surface area contributed by atoms with Crippen LogP contribution in [0.4, 0.5) is 11.5 Å². The maximum atomic E-state index is 12.8. The maximum Gasteiger partial charge on any atom is 0.327 e. The zero-order valence-electron chi connectivity index (χ0n) is 22.6. The van der Waals surface area contributed by atoms with E-state index in [9.17, 15) is 4.79 Å². The van der Waals surface area contributed by atoms with E-state index in [4.69, 9.17) is 16.3 Å². The van der Waals surface area contributed by atoms with E-state index in [1.54, 1.807) is 0 Å². The molecule has 0 amide bonds. The van der Waals surface area contributed by atoms with Crippen molar-refractivity contribution in [2.75, 3.05) is 43.4 Å². The number of hydrogen-bond acceptors (Lipinski definition) is 8. The maximum absolute atomic E-state index is 12.8. The first-order valence-corrected chi connectivity index (χ1v) is 14.4. The number of carbonyl (C=O) groups is 1. The van der Waals surface area contributed by atoms with Crippen molar-refractivity contribution in [2.24, 2.45) is 0 Å². The molecule has 0 spiro atoms. The number of rotatable bonds is 10. The van der Waals surface area contributed by atoms with Gasteiger partial charge in [0.2, 0.25) is 0 Å². The minimum Gasteiger partial charge on any atom is -0.459 e. The van der Waals surface area contributed by atoms with Crippen LogP contribution in [0.25, 0.3) is 16.7 Å². The summed E-state index contributed by atoms with van der Waals surface area (Å²) in [6, 6.07) is 17.6. The van der Waals surface area contributed by atoms with Crippen molar-refractivity contribution in [3.8, 4) is 5.82 Å². The van der Waals surface area contributed by atoms with E-state index in [-0.39, 0.29) is 12.5 Å². The van der Waals surface area contributed by atoms with E-state index in [1.165, 1.54) is 11.9 Å². The Balaban J connectivity index is 1.59. The molecule has 8 nitrogen and oxygen atoms in total. The van der Waals surface area contributed by atoms with Crippen LogP contribution in [0, 0.1) is 0 Å². The molecule has 4 rings (SSSR count). The third-order valence-corrected chi connectivity index (χ3v) is 7.15. The Labute approximate surface area is 246 Å². The number of hydrogen-bond donors (Lipinski definition) is 1. The fraction of sp³-hybridized carbons (Fsp3) is 0.321. The molecule has 2 aromatic heterocycles. The molecule has 0 saturated heterocycles. The quantitative estimate of drug-likeness (QED) is 0.154. The number of halogens is 2. The number of aromatic nitrogens is 3. The normalized spacial score (nSPS) is 11.7. The average molecular weight is 632 g/mol. The first-order chi connectivity index (χ1) is 18.5. The number of nitrogens with one attached hydrogen (secondary N) is 1. The Morgan fingerprint density at radius 2 is 1.90 bits per heavy atom. The van der Waals surface area contributed by atoms with Crippen LogP contribution in [0.1, 0.15) is 20.8 Å². The molecular formula is C28H32BrClN6O2S. The van der Waals surface area contributed by atoms with Crippen molar-refractivity contribution in [1.29, 1.82) is 0 Å². The van der Waals surface area contributed by atoms with E-state index in [0.717, 1.165) is 50.7 Å². The molecule has 0 atom stereocenters. The molecule has 0 radical (unpaired) electrons. The highest BCUT2D eigenvalue weighted by Crippen LogP contribution is 2.34. The lowest BCUT2D eigenvalue weighted by Gasteiger charge is -2.26. The number of esters is 1. The Bertz CT molecular complexity index is 1420. The molecule has 39 heavy (non-hydrogen) atoms. The lowest BCUT2D eigenvalue weighted by atomic mass is 10.2. The van der Waals surface area contributed by atoms with Crippen molar-refractivity contribution >= 4 is 67.9 Å². The van der Waals surface area contributed by atoms with E-state index in [1.807, 2.05) is 105 Å². The molecule has 206 valence electrons. The molecule has 11 heteroatoms. The van der Waals surface area contributed by atoms with Gasteiger partial charge in [0.25, 0.3) is 0 Å². The summed E-state index contributed by atoms with van der Waals surface area (Å²) in [4.78, 5) is 15.8. The smallest absolute Gasteiger partial charge is 0.327 e. The van der Waals surface area contributed by atoms with Crippen LogP contribution in [0.2, 0.25) is 5.02 Å². The third kappa shape index (κ3) is 8.35. The monoisotopic (exact) mass is 630 g/mol. The van der Waals surface area contributed by atoms with Gasteiger partial charge in [-0.15, -0.1) is 10.2 Å². The van der Waals surface area contributed by atoms with Crippen molar-refractivity contribution in [2.45, 2.75) is 31.3 Å². The molecule has 2 heterocycles. The number of fused-ring (bicyclic) bond motifs is 1. The summed E-state index contributed by atoms with van der Waals surface area (Å²) in [5, 5.41) is 13.6. The standard InChI is InChI=1S/C28H32BrClN6O2S/c1-28(2,3)38-27(37)18-36(39-23-16-20(29)15-21(30)17-23)22-6-7-24-19(14-22)10-12-35(24)26-9-8-25(32-33-26)31-11-13-34(4)5/h6-10,12,14-17H,11,13,18H2,1-5H3,(H,31,32). The van der Waals surface area contributed by atoms with E-state index in [2.05, 4.69) is 36.3 Å². The average Bonchev–Trinajstić information content (AvgIpc) is 3.25. The van der Waals surface area contributed by atoms with E-state index in [0.29, 0.717) is 5.02 Å². The van der Waals surface area contributed by atoms with Gasteiger partial charge in [-0.05, 0) is 101 Å². The highest BCUT2D eigenvalue weighted by Gasteiger charge is 2.21. The molecule has 4 aromatic rings. The van der Waals surface area contributed by atoms with Gasteiger partial charge in [-0.1, -0.05) is 27.5 Å². The van der Waals surface area contributed by atoms with Gasteiger partial charge in [0.1, 0.15) is 18.0 Å². The van der Waals surface area contributed by atoms with Gasteiger partial charge in [-0.25, -0.2) is 0 Å². The molecule has 1 N–H and O–H groups in total. The minimum absolute atomic E-state index is 0.0616. The van der Waals surface area contributed by atoms with Gasteiger partial charge in [0.15, 0.2) is 5.82 Å². The van der Waals surface area contributed by atoms with Crippen molar-refractivity contribution < 1.29 is 9.53 Å². The summed E-state index contributed by atoms with van der Waals surface area (Å²) in [6.07, 6.45) is 1.97. The molecule has 0 fully saturated rings. The molecule has 0 bridgehead atoms. The SMILES string of the molecule is CN(C)CCNc1ccc(-n2ccc3cc(N(CC(=O)OC(C)(C)C)Sc4cc(Cl)cc(Br)c4)ccc32)nn1. The van der Waals surface area contributed by atoms with Crippen LogP contribution in [0.3, 0.4) is 0 Å². The van der Waals surface area contributed by atoms with E-state index >= 15 is 0 Å². The molecule has 0 aliphatic carbocycles. The molecule has 0 unspecified atom stereocenters. The van der Waals surface area contributed by atoms with Crippen LogP contribution in [0.15, 0.2) is 70.2 Å². The number of anilines is 2. The fourth-order valence-electron chi connectivity index (χ4n) is 3.82. The van der Waals surface area contributed by atoms with Gasteiger partial charge in [-0.3, -0.25) is 9.36 Å². The fourth-order valence-corrected chi connectivity index (χ4v) is 5.90. The van der Waals surface area contributed by atoms with Gasteiger partial charge in [-0.2, -0.15) is 0 Å². The second-order valence-corrected chi connectivity index (χ2v) is 12.7. The van der Waals surface area contributed by atoms with Crippen molar-refractivity contribution in [3.63, 3.8) is 0 Å². The third-order valence-electron chi connectivity index (χ3n) is 5.47. The number of benzene rings is 2. The number of nitrogens with zero attached hydrogens (tertiary/aromatic N) is 5. The topological polar surface area (TPSA) is 75.5 Å². The zero-order chi connectivity index (χ0) is 28.2. The molecule has 0 aliphatic rings. The Morgan fingerprint density at radius 1 is 1.10 bits per heavy atom. The Hall–Kier alpha value is -2.79. The zero-order valence-corrected chi connectivity index (χ0v) is 25.8. The number of carbonyl (C=O) groups excluding carboxylic acids is 1. The second kappa shape index (κ2) is 12.6. The molecule has 0 saturated carbocycles. The van der Waals surface area contributed by atoms with Crippen molar-refractivity contribution in [1.82, 2.24) is 19.7 Å². The highest BCUT2D eigenvalue weighted by atomic mass is 79.9. The molecule has 2 aromatic carbocycles. The van der Waals surface area contributed by atoms with Crippen LogP contribution in [-0.2, 0) is 9.53 Å². The predicted octanol–water partition coefficient (Wildman–Crippen LogP) is 6.67. The van der Waals surface area contributed by atoms with Gasteiger partial charge < -0.3 is 19.3 Å². The van der Waals surface area contributed by atoms with Gasteiger partial charge in [0.05, 0.1) is 5.52 Å². The first kappa shape index (κ1) is 29.2. The summed E-state index contributed by atoms with van der Waals surface area (Å²) < 4.78 is 10.4. The van der Waals surface area contributed by atoms with Crippen LogP contribution >= 0.6 is 39.5 Å². The van der Waals surface area contributed by atoms with Crippen LogP contribution < -0.4 is 9.62 Å².